The van der Waals surface area contributed by atoms with Crippen molar-refractivity contribution in [2.75, 3.05) is 7.11 Å². The number of rotatable bonds is 4. The predicted molar refractivity (Wildman–Crippen MR) is 71.6 cm³/mol. The first-order chi connectivity index (χ1) is 9.11. The summed E-state index contributed by atoms with van der Waals surface area (Å²) in [7, 11) is 1.70. The minimum absolute atomic E-state index is 0.242. The van der Waals surface area contributed by atoms with Crippen LogP contribution in [0.25, 0.3) is 0 Å². The number of ether oxygens (including phenoxy) is 1. The van der Waals surface area contributed by atoms with Gasteiger partial charge in [0.2, 0.25) is 0 Å². The summed E-state index contributed by atoms with van der Waals surface area (Å²) in [5, 5.41) is 0. The van der Waals surface area contributed by atoms with E-state index in [-0.39, 0.29) is 17.5 Å². The Kier molecular flexibility index (Phi) is 4.50. The van der Waals surface area contributed by atoms with E-state index in [1.165, 1.54) is 12.3 Å². The van der Waals surface area contributed by atoms with E-state index < -0.39 is 0 Å². The molecule has 0 bridgehead atoms. The molecule has 4 nitrogen and oxygen atoms in total. The van der Waals surface area contributed by atoms with Crippen molar-refractivity contribution in [3.05, 3.63) is 29.8 Å². The smallest absolute Gasteiger partial charge is 0.141 e. The Balaban J connectivity index is 2.28. The molecule has 0 saturated heterocycles. The Morgan fingerprint density at radius 3 is 2.68 bits per heavy atom. The molecule has 1 atom stereocenters. The van der Waals surface area contributed by atoms with E-state index >= 15 is 0 Å². The maximum Gasteiger partial charge on any atom is 0.141 e. The molecule has 1 aromatic rings. The molecule has 1 aliphatic rings. The van der Waals surface area contributed by atoms with Crippen LogP contribution in [0, 0.1) is 11.7 Å². The molecule has 1 aliphatic carbocycles. The van der Waals surface area contributed by atoms with Crippen LogP contribution in [0.3, 0.4) is 0 Å². The second-order valence-corrected chi connectivity index (χ2v) is 5.49. The van der Waals surface area contributed by atoms with Gasteiger partial charge in [-0.15, -0.1) is 0 Å². The highest BCUT2D eigenvalue weighted by atomic mass is 19.1. The molecule has 5 heteroatoms. The number of hydrogen-bond acceptors (Lipinski definition) is 4. The van der Waals surface area contributed by atoms with Crippen molar-refractivity contribution in [2.45, 2.75) is 44.2 Å². The summed E-state index contributed by atoms with van der Waals surface area (Å²) in [6.07, 6.45) is 6.85. The predicted octanol–water partition coefficient (Wildman–Crippen LogP) is 2.32. The summed E-state index contributed by atoms with van der Waals surface area (Å²) in [4.78, 5) is 3.90. The van der Waals surface area contributed by atoms with Crippen molar-refractivity contribution in [1.82, 2.24) is 10.4 Å². The van der Waals surface area contributed by atoms with Gasteiger partial charge in [-0.3, -0.25) is 16.3 Å². The topological polar surface area (TPSA) is 60.2 Å². The standard InChI is InChI=1S/C14H22FN3O/c1-10-3-5-14(19-2,6-4-10)13(18-16)11-7-12(15)9-17-8-11/h7-10,13,18H,3-6,16H2,1-2H3. The molecule has 1 unspecified atom stereocenters. The van der Waals surface area contributed by atoms with Crippen LogP contribution in [-0.4, -0.2) is 17.7 Å². The Hall–Kier alpha value is -1.04. The van der Waals surface area contributed by atoms with Crippen molar-refractivity contribution < 1.29 is 9.13 Å². The van der Waals surface area contributed by atoms with Gasteiger partial charge in [0.1, 0.15) is 5.82 Å². The normalized spacial score (nSPS) is 29.2. The Bertz CT molecular complexity index is 419. The van der Waals surface area contributed by atoms with Crippen molar-refractivity contribution in [3.63, 3.8) is 0 Å². The van der Waals surface area contributed by atoms with Crippen LogP contribution in [-0.2, 0) is 4.74 Å². The van der Waals surface area contributed by atoms with Gasteiger partial charge in [0.15, 0.2) is 0 Å². The van der Waals surface area contributed by atoms with E-state index in [0.29, 0.717) is 5.92 Å². The molecule has 0 spiro atoms. The molecule has 0 aromatic carbocycles. The zero-order chi connectivity index (χ0) is 13.9. The van der Waals surface area contributed by atoms with Crippen molar-refractivity contribution in [2.24, 2.45) is 11.8 Å². The van der Waals surface area contributed by atoms with Crippen LogP contribution < -0.4 is 11.3 Å². The van der Waals surface area contributed by atoms with Crippen LogP contribution in [0.1, 0.15) is 44.2 Å². The molecule has 1 aromatic heterocycles. The van der Waals surface area contributed by atoms with E-state index in [9.17, 15) is 4.39 Å². The van der Waals surface area contributed by atoms with Gasteiger partial charge in [-0.25, -0.2) is 4.39 Å². The third-order valence-electron chi connectivity index (χ3n) is 4.28. The number of halogens is 1. The minimum Gasteiger partial charge on any atom is -0.376 e. The van der Waals surface area contributed by atoms with Crippen LogP contribution >= 0.6 is 0 Å². The van der Waals surface area contributed by atoms with Gasteiger partial charge in [0.05, 0.1) is 17.8 Å². The van der Waals surface area contributed by atoms with Crippen LogP contribution in [0.5, 0.6) is 0 Å². The minimum atomic E-state index is -0.378. The molecule has 3 N–H and O–H groups in total. The van der Waals surface area contributed by atoms with Crippen molar-refractivity contribution in [3.8, 4) is 0 Å². The maximum atomic E-state index is 13.3. The highest BCUT2D eigenvalue weighted by molar-refractivity contribution is 5.20. The van der Waals surface area contributed by atoms with Crippen LogP contribution in [0.2, 0.25) is 0 Å². The lowest BCUT2D eigenvalue weighted by atomic mass is 9.74. The molecule has 1 saturated carbocycles. The fourth-order valence-corrected chi connectivity index (χ4v) is 3.00. The first-order valence-corrected chi connectivity index (χ1v) is 6.73. The maximum absolute atomic E-state index is 13.3. The number of nitrogens with zero attached hydrogens (tertiary/aromatic N) is 1. The summed E-state index contributed by atoms with van der Waals surface area (Å²) in [5.74, 6) is 6.05. The molecule has 106 valence electrons. The third-order valence-corrected chi connectivity index (χ3v) is 4.28. The lowest BCUT2D eigenvalue weighted by Gasteiger charge is -2.43. The van der Waals surface area contributed by atoms with E-state index in [0.717, 1.165) is 31.2 Å². The van der Waals surface area contributed by atoms with E-state index in [1.807, 2.05) is 0 Å². The summed E-state index contributed by atoms with van der Waals surface area (Å²) < 4.78 is 19.1. The number of nitrogens with two attached hydrogens (primary N) is 1. The lowest BCUT2D eigenvalue weighted by molar-refractivity contribution is -0.0762. The first-order valence-electron chi connectivity index (χ1n) is 6.73. The fourth-order valence-electron chi connectivity index (χ4n) is 3.00. The number of nitrogens with one attached hydrogen (secondary N) is 1. The molecular weight excluding hydrogens is 245 g/mol. The summed E-state index contributed by atoms with van der Waals surface area (Å²) in [6.45, 7) is 2.24. The zero-order valence-electron chi connectivity index (χ0n) is 11.5. The van der Waals surface area contributed by atoms with E-state index in [4.69, 9.17) is 10.6 Å². The second kappa shape index (κ2) is 5.94. The number of pyridine rings is 1. The number of hydrogen-bond donors (Lipinski definition) is 2. The SMILES string of the molecule is COC1(C(NN)c2cncc(F)c2)CCC(C)CC1. The Labute approximate surface area is 113 Å². The summed E-state index contributed by atoms with van der Waals surface area (Å²) in [5.41, 5.74) is 3.15. The average molecular weight is 267 g/mol. The second-order valence-electron chi connectivity index (χ2n) is 5.49. The fraction of sp³-hybridized carbons (Fsp3) is 0.643. The quantitative estimate of drug-likeness (QED) is 0.649. The molecule has 1 heterocycles. The van der Waals surface area contributed by atoms with Crippen LogP contribution in [0.15, 0.2) is 18.5 Å². The van der Waals surface area contributed by atoms with Crippen molar-refractivity contribution in [1.29, 1.82) is 0 Å². The first kappa shape index (κ1) is 14.4. The monoisotopic (exact) mass is 267 g/mol. The summed E-state index contributed by atoms with van der Waals surface area (Å²) >= 11 is 0. The van der Waals surface area contributed by atoms with Gasteiger partial charge < -0.3 is 4.74 Å². The van der Waals surface area contributed by atoms with E-state index in [2.05, 4.69) is 17.3 Å². The molecule has 1 fully saturated rings. The summed E-state index contributed by atoms with van der Waals surface area (Å²) in [6, 6.07) is 1.23. The van der Waals surface area contributed by atoms with Gasteiger partial charge in [0, 0.05) is 13.3 Å². The van der Waals surface area contributed by atoms with Crippen LogP contribution in [0.4, 0.5) is 4.39 Å². The molecule has 0 aliphatic heterocycles. The molecule has 0 amide bonds. The largest absolute Gasteiger partial charge is 0.376 e. The average Bonchev–Trinajstić information content (AvgIpc) is 2.42. The lowest BCUT2D eigenvalue weighted by Crippen LogP contribution is -2.50. The third kappa shape index (κ3) is 2.94. The number of methoxy groups -OCH3 is 1. The van der Waals surface area contributed by atoms with Gasteiger partial charge in [-0.2, -0.15) is 0 Å². The van der Waals surface area contributed by atoms with Crippen molar-refractivity contribution >= 4 is 0 Å². The number of aromatic nitrogens is 1. The highest BCUT2D eigenvalue weighted by Gasteiger charge is 2.42. The van der Waals surface area contributed by atoms with Gasteiger partial charge in [-0.1, -0.05) is 6.92 Å². The molecular formula is C14H22FN3O. The highest BCUT2D eigenvalue weighted by Crippen LogP contribution is 2.42. The van der Waals surface area contributed by atoms with Gasteiger partial charge in [0.25, 0.3) is 0 Å². The molecule has 19 heavy (non-hydrogen) atoms. The molecule has 0 radical (unpaired) electrons. The van der Waals surface area contributed by atoms with Gasteiger partial charge >= 0.3 is 0 Å². The Morgan fingerprint density at radius 1 is 1.47 bits per heavy atom. The Morgan fingerprint density at radius 2 is 2.16 bits per heavy atom. The number of hydrazine groups is 1. The molecule has 2 rings (SSSR count). The van der Waals surface area contributed by atoms with Gasteiger partial charge in [-0.05, 0) is 43.2 Å². The van der Waals surface area contributed by atoms with E-state index in [1.54, 1.807) is 13.3 Å². The zero-order valence-corrected chi connectivity index (χ0v) is 11.5.